The minimum Gasteiger partial charge on any atom is -0.398 e. The number of methoxy groups -OCH3 is 1. The van der Waals surface area contributed by atoms with Gasteiger partial charge in [-0.1, -0.05) is 13.8 Å². The first kappa shape index (κ1) is 13.5. The van der Waals surface area contributed by atoms with Crippen LogP contribution in [0, 0.1) is 5.92 Å². The van der Waals surface area contributed by atoms with Crippen molar-refractivity contribution in [2.45, 2.75) is 19.9 Å². The fourth-order valence-corrected chi connectivity index (χ4v) is 2.16. The minimum absolute atomic E-state index is 0.224. The van der Waals surface area contributed by atoms with E-state index in [1.807, 2.05) is 12.5 Å². The Labute approximate surface area is 113 Å². The second-order valence-corrected chi connectivity index (χ2v) is 4.92. The van der Waals surface area contributed by atoms with Gasteiger partial charge < -0.3 is 15.0 Å². The van der Waals surface area contributed by atoms with E-state index in [0.29, 0.717) is 18.2 Å². The molecule has 0 radical (unpaired) electrons. The summed E-state index contributed by atoms with van der Waals surface area (Å²) in [5.41, 5.74) is 8.60. The van der Waals surface area contributed by atoms with E-state index in [4.69, 9.17) is 10.5 Å². The van der Waals surface area contributed by atoms with E-state index < -0.39 is 0 Å². The van der Waals surface area contributed by atoms with Crippen LogP contribution >= 0.6 is 0 Å². The molecule has 19 heavy (non-hydrogen) atoms. The van der Waals surface area contributed by atoms with Gasteiger partial charge in [-0.2, -0.15) is 0 Å². The van der Waals surface area contributed by atoms with E-state index in [0.717, 1.165) is 11.3 Å². The van der Waals surface area contributed by atoms with Crippen LogP contribution in [0.3, 0.4) is 0 Å². The molecule has 2 heterocycles. The SMILES string of the molecule is COCC(C(C)C)n1cncc1-c1cnccc1N. The number of anilines is 1. The average Bonchev–Trinajstić information content (AvgIpc) is 2.84. The molecule has 2 aromatic heterocycles. The van der Waals surface area contributed by atoms with E-state index in [1.165, 1.54) is 0 Å². The lowest BCUT2D eigenvalue weighted by atomic mass is 10.0. The quantitative estimate of drug-likeness (QED) is 0.896. The monoisotopic (exact) mass is 260 g/mol. The van der Waals surface area contributed by atoms with Crippen molar-refractivity contribution in [2.75, 3.05) is 19.5 Å². The highest BCUT2D eigenvalue weighted by Crippen LogP contribution is 2.29. The summed E-state index contributed by atoms with van der Waals surface area (Å²) < 4.78 is 7.43. The summed E-state index contributed by atoms with van der Waals surface area (Å²) in [5.74, 6) is 0.436. The predicted molar refractivity (Wildman–Crippen MR) is 75.6 cm³/mol. The maximum atomic E-state index is 6.02. The lowest BCUT2D eigenvalue weighted by molar-refractivity contribution is 0.134. The topological polar surface area (TPSA) is 66.0 Å². The van der Waals surface area contributed by atoms with Crippen LogP contribution in [-0.4, -0.2) is 28.3 Å². The number of nitrogens with two attached hydrogens (primary N) is 1. The van der Waals surface area contributed by atoms with Crippen LogP contribution in [0.5, 0.6) is 0 Å². The molecule has 2 N–H and O–H groups in total. The van der Waals surface area contributed by atoms with Gasteiger partial charge in [0.15, 0.2) is 0 Å². The molecule has 5 heteroatoms. The normalized spacial score (nSPS) is 12.8. The lowest BCUT2D eigenvalue weighted by Gasteiger charge is -2.24. The Balaban J connectivity index is 2.44. The van der Waals surface area contributed by atoms with Gasteiger partial charge in [-0.15, -0.1) is 0 Å². The number of nitrogens with zero attached hydrogens (tertiary/aromatic N) is 3. The summed E-state index contributed by atoms with van der Waals surface area (Å²) >= 11 is 0. The number of nitrogen functional groups attached to an aromatic ring is 1. The van der Waals surface area contributed by atoms with Crippen LogP contribution in [0.1, 0.15) is 19.9 Å². The fourth-order valence-electron chi connectivity index (χ4n) is 2.16. The van der Waals surface area contributed by atoms with Crippen LogP contribution in [-0.2, 0) is 4.74 Å². The zero-order chi connectivity index (χ0) is 13.8. The molecular weight excluding hydrogens is 240 g/mol. The summed E-state index contributed by atoms with van der Waals surface area (Å²) in [6.45, 7) is 4.97. The zero-order valence-electron chi connectivity index (χ0n) is 11.6. The number of hydrogen-bond donors (Lipinski definition) is 1. The molecule has 0 fully saturated rings. The third-order valence-electron chi connectivity index (χ3n) is 3.26. The molecule has 0 aromatic carbocycles. The Bertz CT molecular complexity index is 536. The van der Waals surface area contributed by atoms with Gasteiger partial charge in [0.05, 0.1) is 30.9 Å². The third kappa shape index (κ3) is 2.76. The summed E-state index contributed by atoms with van der Waals surface area (Å²) in [4.78, 5) is 8.39. The molecule has 5 nitrogen and oxygen atoms in total. The first-order chi connectivity index (χ1) is 9.15. The van der Waals surface area contributed by atoms with Crippen molar-refractivity contribution in [3.63, 3.8) is 0 Å². The Kier molecular flexibility index (Phi) is 4.16. The molecule has 0 aliphatic rings. The molecule has 0 aliphatic carbocycles. The standard InChI is InChI=1S/C14H20N4O/c1-10(2)14(8-19-3)18-9-17-7-13(18)11-6-16-5-4-12(11)15/h4-7,9-10,14H,8H2,1-3H3,(H2,15,16). The maximum Gasteiger partial charge on any atom is 0.0954 e. The van der Waals surface area contributed by atoms with Gasteiger partial charge in [-0.3, -0.25) is 4.98 Å². The molecule has 0 saturated carbocycles. The highest BCUT2D eigenvalue weighted by atomic mass is 16.5. The summed E-state index contributed by atoms with van der Waals surface area (Å²) in [6.07, 6.45) is 7.10. The molecular formula is C14H20N4O. The van der Waals surface area contributed by atoms with E-state index in [1.54, 1.807) is 25.6 Å². The largest absolute Gasteiger partial charge is 0.398 e. The number of imidazole rings is 1. The number of rotatable bonds is 5. The highest BCUT2D eigenvalue weighted by molar-refractivity contribution is 5.72. The molecule has 1 atom stereocenters. The van der Waals surface area contributed by atoms with Crippen LogP contribution < -0.4 is 5.73 Å². The summed E-state index contributed by atoms with van der Waals surface area (Å²) in [6, 6.07) is 2.02. The molecule has 0 bridgehead atoms. The minimum atomic E-state index is 0.224. The molecule has 0 spiro atoms. The van der Waals surface area contributed by atoms with Gasteiger partial charge in [-0.25, -0.2) is 4.98 Å². The first-order valence-electron chi connectivity index (χ1n) is 6.35. The highest BCUT2D eigenvalue weighted by Gasteiger charge is 2.19. The van der Waals surface area contributed by atoms with E-state index in [2.05, 4.69) is 28.4 Å². The van der Waals surface area contributed by atoms with Gasteiger partial charge in [0.25, 0.3) is 0 Å². The van der Waals surface area contributed by atoms with Crippen LogP contribution in [0.4, 0.5) is 5.69 Å². The van der Waals surface area contributed by atoms with Gasteiger partial charge in [0, 0.05) is 30.8 Å². The molecule has 2 rings (SSSR count). The predicted octanol–water partition coefficient (Wildman–Crippen LogP) is 2.37. The molecule has 0 amide bonds. The number of aromatic nitrogens is 3. The molecule has 102 valence electrons. The summed E-state index contributed by atoms with van der Waals surface area (Å²) in [5, 5.41) is 0. The number of hydrogen-bond acceptors (Lipinski definition) is 4. The fraction of sp³-hybridized carbons (Fsp3) is 0.429. The van der Waals surface area contributed by atoms with Crippen molar-refractivity contribution in [3.8, 4) is 11.3 Å². The van der Waals surface area contributed by atoms with Crippen LogP contribution in [0.2, 0.25) is 0 Å². The maximum absolute atomic E-state index is 6.02. The van der Waals surface area contributed by atoms with Gasteiger partial charge in [0.2, 0.25) is 0 Å². The first-order valence-corrected chi connectivity index (χ1v) is 6.35. The second-order valence-electron chi connectivity index (χ2n) is 4.92. The van der Waals surface area contributed by atoms with E-state index in [9.17, 15) is 0 Å². The third-order valence-corrected chi connectivity index (χ3v) is 3.26. The van der Waals surface area contributed by atoms with Crippen molar-refractivity contribution in [1.82, 2.24) is 14.5 Å². The lowest BCUT2D eigenvalue weighted by Crippen LogP contribution is -2.20. The number of ether oxygens (including phenoxy) is 1. The van der Waals surface area contributed by atoms with Crippen molar-refractivity contribution in [3.05, 3.63) is 31.0 Å². The van der Waals surface area contributed by atoms with Gasteiger partial charge >= 0.3 is 0 Å². The molecule has 1 unspecified atom stereocenters. The Hall–Kier alpha value is -1.88. The van der Waals surface area contributed by atoms with E-state index >= 15 is 0 Å². The van der Waals surface area contributed by atoms with Crippen LogP contribution in [0.15, 0.2) is 31.0 Å². The van der Waals surface area contributed by atoms with Gasteiger partial charge in [-0.05, 0) is 12.0 Å². The van der Waals surface area contributed by atoms with Gasteiger partial charge in [0.1, 0.15) is 0 Å². The molecule has 0 saturated heterocycles. The van der Waals surface area contributed by atoms with E-state index in [-0.39, 0.29) is 6.04 Å². The zero-order valence-corrected chi connectivity index (χ0v) is 11.6. The summed E-state index contributed by atoms with van der Waals surface area (Å²) in [7, 11) is 1.71. The molecule has 0 aliphatic heterocycles. The Morgan fingerprint density at radius 2 is 2.11 bits per heavy atom. The van der Waals surface area contributed by atoms with Crippen molar-refractivity contribution >= 4 is 5.69 Å². The smallest absolute Gasteiger partial charge is 0.0954 e. The van der Waals surface area contributed by atoms with Crippen molar-refractivity contribution in [1.29, 1.82) is 0 Å². The number of pyridine rings is 1. The average molecular weight is 260 g/mol. The molecule has 2 aromatic rings. The van der Waals surface area contributed by atoms with Crippen LogP contribution in [0.25, 0.3) is 11.3 Å². The second kappa shape index (κ2) is 5.84. The van der Waals surface area contributed by atoms with Crippen molar-refractivity contribution < 1.29 is 4.74 Å². The Morgan fingerprint density at radius 3 is 2.74 bits per heavy atom. The Morgan fingerprint density at radius 1 is 1.32 bits per heavy atom. The van der Waals surface area contributed by atoms with Crippen molar-refractivity contribution in [2.24, 2.45) is 5.92 Å².